The monoisotopic (exact) mass is 520 g/mol. The highest BCUT2D eigenvalue weighted by molar-refractivity contribution is 7.44. The van der Waals surface area contributed by atoms with Crippen LogP contribution in [0.3, 0.4) is 0 Å². The fourth-order valence-corrected chi connectivity index (χ4v) is 4.09. The van der Waals surface area contributed by atoms with Crippen molar-refractivity contribution in [1.82, 2.24) is 9.55 Å². The summed E-state index contributed by atoms with van der Waals surface area (Å²) >= 11 is 0. The maximum atomic E-state index is 14.7. The number of benzene rings is 2. The summed E-state index contributed by atoms with van der Waals surface area (Å²) < 4.78 is 51.2. The number of hydrogen-bond donors (Lipinski definition) is 2. The molecule has 3 aromatic rings. The summed E-state index contributed by atoms with van der Waals surface area (Å²) in [5.74, 6) is -3.04. The number of hydrogen-bond acceptors (Lipinski definition) is 8. The number of aromatic nitrogens is 2. The van der Waals surface area contributed by atoms with Gasteiger partial charge in [0, 0.05) is 12.6 Å². The van der Waals surface area contributed by atoms with Crippen LogP contribution in [0, 0.1) is 0 Å². The number of amides is 1. The molecule has 1 saturated heterocycles. The smallest absolute Gasteiger partial charge is 0.413 e. The van der Waals surface area contributed by atoms with Crippen LogP contribution in [0.2, 0.25) is 0 Å². The summed E-state index contributed by atoms with van der Waals surface area (Å²) in [5, 5.41) is 2.29. The molecule has 190 valence electrons. The predicted octanol–water partition coefficient (Wildman–Crippen LogP) is 4.20. The Morgan fingerprint density at radius 2 is 1.86 bits per heavy atom. The molecule has 0 saturated carbocycles. The van der Waals surface area contributed by atoms with Crippen LogP contribution in [0.4, 0.5) is 19.4 Å². The van der Waals surface area contributed by atoms with Crippen molar-refractivity contribution in [2.75, 3.05) is 11.9 Å². The minimum absolute atomic E-state index is 0.0106. The van der Waals surface area contributed by atoms with Crippen molar-refractivity contribution >= 4 is 20.4 Å². The van der Waals surface area contributed by atoms with Gasteiger partial charge in [0.1, 0.15) is 18.2 Å². The number of halogens is 2. The van der Waals surface area contributed by atoms with Gasteiger partial charge in [-0.05, 0) is 23.8 Å². The standard InChI is InChI=1S/C23H23F2N4O6P/c24-23(25)13-18(15-33-36(26)35-17-9-5-2-6-10-17)34-20(23)29-12-11-19(27-21(29)30)28-22(31)32-14-16-7-3-1-4-8-16/h1-12,18,20H,13-15,26H2,(H,27,28,30,31). The van der Waals surface area contributed by atoms with Gasteiger partial charge in [-0.3, -0.25) is 15.4 Å². The van der Waals surface area contributed by atoms with Crippen molar-refractivity contribution in [2.45, 2.75) is 31.3 Å². The fourth-order valence-electron chi connectivity index (χ4n) is 3.39. The third kappa shape index (κ3) is 6.82. The molecule has 13 heteroatoms. The zero-order valence-corrected chi connectivity index (χ0v) is 19.7. The van der Waals surface area contributed by atoms with E-state index >= 15 is 0 Å². The van der Waals surface area contributed by atoms with Crippen LogP contribution < -0.4 is 21.0 Å². The highest BCUT2D eigenvalue weighted by Gasteiger charge is 2.52. The summed E-state index contributed by atoms with van der Waals surface area (Å²) in [6.45, 7) is -0.243. The Kier molecular flexibility index (Phi) is 8.21. The van der Waals surface area contributed by atoms with E-state index in [2.05, 4.69) is 10.3 Å². The van der Waals surface area contributed by atoms with Gasteiger partial charge in [-0.25, -0.2) is 18.4 Å². The largest absolute Gasteiger partial charge is 0.444 e. The molecule has 0 radical (unpaired) electrons. The first kappa shape index (κ1) is 25.6. The Hall–Kier alpha value is -3.44. The van der Waals surface area contributed by atoms with Crippen LogP contribution in [0.25, 0.3) is 0 Å². The van der Waals surface area contributed by atoms with E-state index in [0.717, 1.165) is 11.8 Å². The highest BCUT2D eigenvalue weighted by atomic mass is 31.2. The molecule has 0 bridgehead atoms. The molecule has 3 N–H and O–H groups in total. The predicted molar refractivity (Wildman–Crippen MR) is 126 cm³/mol. The first-order chi connectivity index (χ1) is 17.3. The van der Waals surface area contributed by atoms with Gasteiger partial charge in [0.15, 0.2) is 0 Å². The number of carbonyl (C=O) groups is 1. The van der Waals surface area contributed by atoms with E-state index in [0.29, 0.717) is 10.3 Å². The lowest BCUT2D eigenvalue weighted by molar-refractivity contribution is -0.119. The van der Waals surface area contributed by atoms with E-state index < -0.39 is 45.0 Å². The third-order valence-corrected chi connectivity index (χ3v) is 5.83. The van der Waals surface area contributed by atoms with E-state index in [9.17, 15) is 18.4 Å². The number of alkyl halides is 2. The average Bonchev–Trinajstić information content (AvgIpc) is 3.16. The van der Waals surface area contributed by atoms with Crippen molar-refractivity contribution in [3.63, 3.8) is 0 Å². The molecular weight excluding hydrogens is 497 g/mol. The molecule has 0 aliphatic carbocycles. The maximum Gasteiger partial charge on any atom is 0.413 e. The van der Waals surface area contributed by atoms with Crippen LogP contribution in [0.5, 0.6) is 5.75 Å². The van der Waals surface area contributed by atoms with Crippen molar-refractivity contribution < 1.29 is 32.1 Å². The van der Waals surface area contributed by atoms with E-state index in [4.69, 9.17) is 24.0 Å². The van der Waals surface area contributed by atoms with Crippen molar-refractivity contribution in [2.24, 2.45) is 5.50 Å². The first-order valence-electron chi connectivity index (χ1n) is 10.8. The molecule has 10 nitrogen and oxygen atoms in total. The maximum absolute atomic E-state index is 14.7. The van der Waals surface area contributed by atoms with Crippen molar-refractivity contribution in [3.05, 3.63) is 89.0 Å². The highest BCUT2D eigenvalue weighted by Crippen LogP contribution is 2.43. The van der Waals surface area contributed by atoms with Crippen molar-refractivity contribution in [1.29, 1.82) is 0 Å². The number of nitrogens with two attached hydrogens (primary N) is 1. The summed E-state index contributed by atoms with van der Waals surface area (Å²) in [7, 11) is -1.87. The SMILES string of the molecule is NP(OCC1CC(F)(F)C(n2ccc(NC(=O)OCc3ccccc3)nc2=O)O1)Oc1ccccc1. The average molecular weight is 520 g/mol. The van der Waals surface area contributed by atoms with Gasteiger partial charge in [-0.2, -0.15) is 4.98 Å². The molecule has 2 heterocycles. The van der Waals surface area contributed by atoms with Gasteiger partial charge in [0.2, 0.25) is 6.23 Å². The van der Waals surface area contributed by atoms with Crippen LogP contribution in [0.15, 0.2) is 77.7 Å². The molecule has 1 aliphatic rings. The lowest BCUT2D eigenvalue weighted by Gasteiger charge is -2.20. The molecule has 1 aliphatic heterocycles. The Morgan fingerprint density at radius 3 is 2.56 bits per heavy atom. The zero-order valence-electron chi connectivity index (χ0n) is 18.8. The van der Waals surface area contributed by atoms with Gasteiger partial charge in [-0.15, -0.1) is 0 Å². The number of nitrogens with zero attached hydrogens (tertiary/aromatic N) is 2. The number of carbonyl (C=O) groups excluding carboxylic acids is 1. The number of anilines is 1. The van der Waals surface area contributed by atoms with E-state index in [-0.39, 0.29) is 19.0 Å². The number of ether oxygens (including phenoxy) is 2. The number of para-hydroxylation sites is 1. The van der Waals surface area contributed by atoms with E-state index in [1.807, 2.05) is 6.07 Å². The van der Waals surface area contributed by atoms with Crippen LogP contribution in [-0.4, -0.2) is 34.3 Å². The van der Waals surface area contributed by atoms with Crippen LogP contribution in [0.1, 0.15) is 18.2 Å². The number of nitrogens with one attached hydrogen (secondary N) is 1. The van der Waals surface area contributed by atoms with Gasteiger partial charge >= 0.3 is 20.3 Å². The second kappa shape index (κ2) is 11.5. The fraction of sp³-hybridized carbons (Fsp3) is 0.261. The van der Waals surface area contributed by atoms with E-state index in [1.165, 1.54) is 6.07 Å². The van der Waals surface area contributed by atoms with Gasteiger partial charge < -0.3 is 18.5 Å². The Labute approximate surface area is 205 Å². The molecule has 0 spiro atoms. The molecule has 1 amide bonds. The molecular formula is C23H23F2N4O6P. The molecule has 4 rings (SSSR count). The Bertz CT molecular complexity index is 1220. The quantitative estimate of drug-likeness (QED) is 0.402. The van der Waals surface area contributed by atoms with Gasteiger partial charge in [0.25, 0.3) is 5.92 Å². The molecule has 1 aromatic heterocycles. The zero-order chi connectivity index (χ0) is 25.5. The molecule has 2 aromatic carbocycles. The minimum atomic E-state index is -3.37. The topological polar surface area (TPSA) is 127 Å². The van der Waals surface area contributed by atoms with Crippen molar-refractivity contribution in [3.8, 4) is 5.75 Å². The lowest BCUT2D eigenvalue weighted by atomic mass is 10.2. The van der Waals surface area contributed by atoms with E-state index in [1.54, 1.807) is 54.6 Å². The van der Waals surface area contributed by atoms with Crippen LogP contribution in [-0.2, 0) is 20.6 Å². The minimum Gasteiger partial charge on any atom is -0.444 e. The number of rotatable bonds is 9. The normalized spacial score (nSPS) is 19.4. The van der Waals surface area contributed by atoms with Gasteiger partial charge in [0.05, 0.1) is 12.7 Å². The van der Waals surface area contributed by atoms with Crippen LogP contribution >= 0.6 is 8.53 Å². The molecule has 3 atom stereocenters. The lowest BCUT2D eigenvalue weighted by Crippen LogP contribution is -2.35. The second-order valence-corrected chi connectivity index (χ2v) is 8.76. The Balaban J connectivity index is 1.31. The Morgan fingerprint density at radius 1 is 1.17 bits per heavy atom. The summed E-state index contributed by atoms with van der Waals surface area (Å²) in [5.41, 5.74) is 5.54. The second-order valence-electron chi connectivity index (χ2n) is 7.75. The summed E-state index contributed by atoms with van der Waals surface area (Å²) in [4.78, 5) is 28.0. The first-order valence-corrected chi connectivity index (χ1v) is 12.1. The summed E-state index contributed by atoms with van der Waals surface area (Å²) in [6, 6.07) is 18.8. The molecule has 36 heavy (non-hydrogen) atoms. The third-order valence-electron chi connectivity index (χ3n) is 5.03. The van der Waals surface area contributed by atoms with Gasteiger partial charge in [-0.1, -0.05) is 48.5 Å². The summed E-state index contributed by atoms with van der Waals surface area (Å²) in [6.07, 6.45) is -3.40. The molecule has 1 fully saturated rings. The molecule has 3 unspecified atom stereocenters.